The van der Waals surface area contributed by atoms with Crippen LogP contribution in [0.2, 0.25) is 0 Å². The standard InChI is InChI=1S/C16H28N2O/c1-13(2)11-14(3)17-15-7-6-8-16(12-15)19-10-9-18(4)5/h6-8,12-14,17H,9-11H2,1-5H3. The van der Waals surface area contributed by atoms with Crippen molar-refractivity contribution in [2.24, 2.45) is 5.92 Å². The first-order chi connectivity index (χ1) is 8.97. The van der Waals surface area contributed by atoms with Crippen molar-refractivity contribution in [3.8, 4) is 5.75 Å². The Bertz CT molecular complexity index is 364. The Balaban J connectivity index is 2.47. The van der Waals surface area contributed by atoms with Crippen LogP contribution in [-0.2, 0) is 0 Å². The first-order valence-electron chi connectivity index (χ1n) is 7.11. The molecule has 0 heterocycles. The summed E-state index contributed by atoms with van der Waals surface area (Å²) in [4.78, 5) is 2.12. The van der Waals surface area contributed by atoms with Gasteiger partial charge in [-0.05, 0) is 45.5 Å². The minimum atomic E-state index is 0.483. The van der Waals surface area contributed by atoms with Crippen molar-refractivity contribution in [2.45, 2.75) is 33.2 Å². The first-order valence-corrected chi connectivity index (χ1v) is 7.11. The molecule has 3 nitrogen and oxygen atoms in total. The fraction of sp³-hybridized carbons (Fsp3) is 0.625. The van der Waals surface area contributed by atoms with Crippen LogP contribution in [0.1, 0.15) is 27.2 Å². The van der Waals surface area contributed by atoms with Crippen LogP contribution in [0.15, 0.2) is 24.3 Å². The molecule has 0 aliphatic rings. The summed E-state index contributed by atoms with van der Waals surface area (Å²) in [6, 6.07) is 8.70. The molecule has 1 aromatic carbocycles. The molecule has 0 aromatic heterocycles. The van der Waals surface area contributed by atoms with Gasteiger partial charge in [-0.15, -0.1) is 0 Å². The second-order valence-electron chi connectivity index (χ2n) is 5.85. The number of likely N-dealkylation sites (N-methyl/N-ethyl adjacent to an activating group) is 1. The fourth-order valence-corrected chi connectivity index (χ4v) is 2.07. The maximum Gasteiger partial charge on any atom is 0.121 e. The molecule has 0 fully saturated rings. The highest BCUT2D eigenvalue weighted by Crippen LogP contribution is 2.19. The Kier molecular flexibility index (Phi) is 6.71. The van der Waals surface area contributed by atoms with Crippen molar-refractivity contribution in [1.29, 1.82) is 0 Å². The van der Waals surface area contributed by atoms with Crippen LogP contribution in [0.3, 0.4) is 0 Å². The Hall–Kier alpha value is -1.22. The maximum atomic E-state index is 5.74. The molecule has 0 aliphatic heterocycles. The van der Waals surface area contributed by atoms with E-state index in [9.17, 15) is 0 Å². The Morgan fingerprint density at radius 2 is 1.95 bits per heavy atom. The largest absolute Gasteiger partial charge is 0.492 e. The van der Waals surface area contributed by atoms with Crippen molar-refractivity contribution in [2.75, 3.05) is 32.6 Å². The van der Waals surface area contributed by atoms with E-state index in [1.165, 1.54) is 6.42 Å². The summed E-state index contributed by atoms with van der Waals surface area (Å²) in [5.41, 5.74) is 1.13. The van der Waals surface area contributed by atoms with E-state index in [-0.39, 0.29) is 0 Å². The van der Waals surface area contributed by atoms with Gasteiger partial charge in [0.2, 0.25) is 0 Å². The third kappa shape index (κ3) is 7.06. The van der Waals surface area contributed by atoms with Crippen molar-refractivity contribution in [1.82, 2.24) is 4.90 Å². The topological polar surface area (TPSA) is 24.5 Å². The normalized spacial score (nSPS) is 12.8. The van der Waals surface area contributed by atoms with Crippen LogP contribution >= 0.6 is 0 Å². The van der Waals surface area contributed by atoms with Crippen molar-refractivity contribution in [3.05, 3.63) is 24.3 Å². The number of nitrogens with one attached hydrogen (secondary N) is 1. The molecule has 19 heavy (non-hydrogen) atoms. The van der Waals surface area contributed by atoms with E-state index in [2.05, 4.69) is 57.2 Å². The average Bonchev–Trinajstić information content (AvgIpc) is 2.27. The Labute approximate surface area is 118 Å². The highest BCUT2D eigenvalue weighted by atomic mass is 16.5. The summed E-state index contributed by atoms with van der Waals surface area (Å²) in [6.07, 6.45) is 1.17. The monoisotopic (exact) mass is 264 g/mol. The lowest BCUT2D eigenvalue weighted by Gasteiger charge is -2.18. The van der Waals surface area contributed by atoms with Gasteiger partial charge >= 0.3 is 0 Å². The minimum Gasteiger partial charge on any atom is -0.492 e. The van der Waals surface area contributed by atoms with Crippen LogP contribution in [-0.4, -0.2) is 38.2 Å². The predicted molar refractivity (Wildman–Crippen MR) is 83.0 cm³/mol. The highest BCUT2D eigenvalue weighted by molar-refractivity contribution is 5.48. The average molecular weight is 264 g/mol. The predicted octanol–water partition coefficient (Wildman–Crippen LogP) is 3.47. The lowest BCUT2D eigenvalue weighted by Crippen LogP contribution is -2.19. The van der Waals surface area contributed by atoms with Gasteiger partial charge in [-0.3, -0.25) is 0 Å². The molecule has 0 bridgehead atoms. The number of anilines is 1. The molecule has 0 aliphatic carbocycles. The molecule has 0 radical (unpaired) electrons. The molecule has 0 spiro atoms. The van der Waals surface area contributed by atoms with E-state index in [1.807, 2.05) is 12.1 Å². The third-order valence-corrected chi connectivity index (χ3v) is 2.88. The molecule has 0 saturated heterocycles. The van der Waals surface area contributed by atoms with Gasteiger partial charge in [0.1, 0.15) is 12.4 Å². The molecule has 1 atom stereocenters. The highest BCUT2D eigenvalue weighted by Gasteiger charge is 2.05. The van der Waals surface area contributed by atoms with Gasteiger partial charge in [0.05, 0.1) is 0 Å². The lowest BCUT2D eigenvalue weighted by molar-refractivity contribution is 0.261. The van der Waals surface area contributed by atoms with Crippen LogP contribution in [0, 0.1) is 5.92 Å². The lowest BCUT2D eigenvalue weighted by atomic mass is 10.1. The number of nitrogens with zero attached hydrogens (tertiary/aromatic N) is 1. The van der Waals surface area contributed by atoms with Gasteiger partial charge in [0.25, 0.3) is 0 Å². The summed E-state index contributed by atoms with van der Waals surface area (Å²) in [6.45, 7) is 8.37. The molecular formula is C16H28N2O. The van der Waals surface area contributed by atoms with Crippen LogP contribution < -0.4 is 10.1 Å². The van der Waals surface area contributed by atoms with Gasteiger partial charge in [-0.2, -0.15) is 0 Å². The number of hydrogen-bond acceptors (Lipinski definition) is 3. The first kappa shape index (κ1) is 15.8. The van der Waals surface area contributed by atoms with E-state index in [0.29, 0.717) is 12.0 Å². The number of rotatable bonds is 8. The van der Waals surface area contributed by atoms with E-state index in [1.54, 1.807) is 0 Å². The fourth-order valence-electron chi connectivity index (χ4n) is 2.07. The van der Waals surface area contributed by atoms with Crippen molar-refractivity contribution < 1.29 is 4.74 Å². The molecule has 1 rings (SSSR count). The SMILES string of the molecule is CC(C)CC(C)Nc1cccc(OCCN(C)C)c1. The molecule has 3 heteroatoms. The van der Waals surface area contributed by atoms with Gasteiger partial charge in [0.15, 0.2) is 0 Å². The molecule has 1 N–H and O–H groups in total. The van der Waals surface area contributed by atoms with E-state index in [4.69, 9.17) is 4.74 Å². The second kappa shape index (κ2) is 8.05. The second-order valence-corrected chi connectivity index (χ2v) is 5.85. The zero-order chi connectivity index (χ0) is 14.3. The van der Waals surface area contributed by atoms with E-state index in [0.717, 1.165) is 24.6 Å². The third-order valence-electron chi connectivity index (χ3n) is 2.88. The zero-order valence-corrected chi connectivity index (χ0v) is 12.9. The van der Waals surface area contributed by atoms with Crippen LogP contribution in [0.5, 0.6) is 5.75 Å². The van der Waals surface area contributed by atoms with Crippen LogP contribution in [0.4, 0.5) is 5.69 Å². The van der Waals surface area contributed by atoms with Gasteiger partial charge in [-0.1, -0.05) is 19.9 Å². The summed E-state index contributed by atoms with van der Waals surface area (Å²) >= 11 is 0. The maximum absolute atomic E-state index is 5.74. The number of ether oxygens (including phenoxy) is 1. The number of hydrogen-bond donors (Lipinski definition) is 1. The molecule has 0 saturated carbocycles. The van der Waals surface area contributed by atoms with Crippen LogP contribution in [0.25, 0.3) is 0 Å². The summed E-state index contributed by atoms with van der Waals surface area (Å²) in [5.74, 6) is 1.64. The number of benzene rings is 1. The van der Waals surface area contributed by atoms with Gasteiger partial charge < -0.3 is 15.0 Å². The summed E-state index contributed by atoms with van der Waals surface area (Å²) in [5, 5.41) is 3.52. The van der Waals surface area contributed by atoms with E-state index >= 15 is 0 Å². The van der Waals surface area contributed by atoms with Crippen molar-refractivity contribution >= 4 is 5.69 Å². The van der Waals surface area contributed by atoms with Gasteiger partial charge in [0, 0.05) is 24.3 Å². The zero-order valence-electron chi connectivity index (χ0n) is 12.9. The minimum absolute atomic E-state index is 0.483. The molecule has 108 valence electrons. The summed E-state index contributed by atoms with van der Waals surface area (Å²) < 4.78 is 5.74. The molecule has 1 aromatic rings. The smallest absolute Gasteiger partial charge is 0.121 e. The summed E-state index contributed by atoms with van der Waals surface area (Å²) in [7, 11) is 4.10. The van der Waals surface area contributed by atoms with Gasteiger partial charge in [-0.25, -0.2) is 0 Å². The van der Waals surface area contributed by atoms with E-state index < -0.39 is 0 Å². The quantitative estimate of drug-likeness (QED) is 0.778. The Morgan fingerprint density at radius 1 is 1.21 bits per heavy atom. The Morgan fingerprint density at radius 3 is 2.58 bits per heavy atom. The molecule has 1 unspecified atom stereocenters. The molecular weight excluding hydrogens is 236 g/mol. The van der Waals surface area contributed by atoms with Crippen molar-refractivity contribution in [3.63, 3.8) is 0 Å². The molecule has 0 amide bonds.